The Morgan fingerprint density at radius 2 is 1.78 bits per heavy atom. The molecule has 2 amide bonds. The number of hydrogen-bond donors (Lipinski definition) is 1. The molecule has 0 aliphatic carbocycles. The summed E-state index contributed by atoms with van der Waals surface area (Å²) in [6.07, 6.45) is 0.876. The Bertz CT molecular complexity index is 626. The van der Waals surface area contributed by atoms with E-state index >= 15 is 0 Å². The molecule has 0 saturated carbocycles. The van der Waals surface area contributed by atoms with Gasteiger partial charge < -0.3 is 10.2 Å². The lowest BCUT2D eigenvalue weighted by atomic mass is 10.2. The molecule has 1 aliphatic rings. The number of urea groups is 1. The summed E-state index contributed by atoms with van der Waals surface area (Å²) in [4.78, 5) is 13.5. The third-order valence-corrected chi connectivity index (χ3v) is 5.81. The normalized spacial score (nSPS) is 16.3. The second-order valence-electron chi connectivity index (χ2n) is 5.50. The number of nitrogens with one attached hydrogen (secondary N) is 1. The fourth-order valence-electron chi connectivity index (χ4n) is 2.40. The Morgan fingerprint density at radius 1 is 1.17 bits per heavy atom. The highest BCUT2D eigenvalue weighted by molar-refractivity contribution is 7.88. The lowest BCUT2D eigenvalue weighted by Gasteiger charge is -2.34. The van der Waals surface area contributed by atoms with E-state index in [-0.39, 0.29) is 11.8 Å². The van der Waals surface area contributed by atoms with E-state index in [0.29, 0.717) is 43.3 Å². The zero-order valence-corrected chi connectivity index (χ0v) is 14.7. The van der Waals surface area contributed by atoms with Gasteiger partial charge >= 0.3 is 6.03 Å². The summed E-state index contributed by atoms with van der Waals surface area (Å²) in [7, 11) is -3.38. The van der Waals surface area contributed by atoms with E-state index in [0.717, 1.165) is 6.42 Å². The van der Waals surface area contributed by atoms with E-state index in [1.807, 2.05) is 6.92 Å². The summed E-state index contributed by atoms with van der Waals surface area (Å²) in [6, 6.07) is 6.68. The minimum Gasteiger partial charge on any atom is -0.338 e. The van der Waals surface area contributed by atoms with Gasteiger partial charge in [-0.25, -0.2) is 13.2 Å². The van der Waals surface area contributed by atoms with Crippen LogP contribution in [0.3, 0.4) is 0 Å². The zero-order chi connectivity index (χ0) is 16.9. The largest absolute Gasteiger partial charge is 0.338 e. The summed E-state index contributed by atoms with van der Waals surface area (Å²) < 4.78 is 26.4. The van der Waals surface area contributed by atoms with E-state index in [1.165, 1.54) is 4.31 Å². The molecule has 8 heteroatoms. The number of hydrogen-bond acceptors (Lipinski definition) is 3. The van der Waals surface area contributed by atoms with Crippen molar-refractivity contribution in [2.45, 2.75) is 19.1 Å². The lowest BCUT2D eigenvalue weighted by Crippen LogP contribution is -2.53. The Kier molecular flexibility index (Phi) is 6.26. The van der Waals surface area contributed by atoms with E-state index in [1.54, 1.807) is 29.2 Å². The van der Waals surface area contributed by atoms with Crippen molar-refractivity contribution >= 4 is 27.7 Å². The van der Waals surface area contributed by atoms with Crippen LogP contribution in [-0.4, -0.2) is 56.4 Å². The predicted molar refractivity (Wildman–Crippen MR) is 90.9 cm³/mol. The topological polar surface area (TPSA) is 69.7 Å². The Balaban J connectivity index is 1.90. The summed E-state index contributed by atoms with van der Waals surface area (Å²) >= 11 is 5.81. The van der Waals surface area contributed by atoms with E-state index < -0.39 is 10.0 Å². The molecule has 0 unspecified atom stereocenters. The first-order chi connectivity index (χ1) is 10.9. The number of carbonyl (C=O) groups is 1. The van der Waals surface area contributed by atoms with Crippen LogP contribution in [0.1, 0.15) is 18.9 Å². The Labute approximate surface area is 142 Å². The van der Waals surface area contributed by atoms with Crippen LogP contribution in [0.2, 0.25) is 5.02 Å². The van der Waals surface area contributed by atoms with Gasteiger partial charge in [0.2, 0.25) is 10.0 Å². The van der Waals surface area contributed by atoms with Gasteiger partial charge in [0.15, 0.2) is 0 Å². The van der Waals surface area contributed by atoms with Crippen LogP contribution in [0.5, 0.6) is 0 Å². The molecule has 1 N–H and O–H groups in total. The van der Waals surface area contributed by atoms with Crippen molar-refractivity contribution in [1.29, 1.82) is 0 Å². The summed E-state index contributed by atoms with van der Waals surface area (Å²) in [5.41, 5.74) is 0.706. The van der Waals surface area contributed by atoms with Gasteiger partial charge in [-0.1, -0.05) is 30.7 Å². The monoisotopic (exact) mass is 359 g/mol. The van der Waals surface area contributed by atoms with Crippen molar-refractivity contribution in [2.75, 3.05) is 32.7 Å². The van der Waals surface area contributed by atoms with Gasteiger partial charge in [-0.15, -0.1) is 0 Å². The second kappa shape index (κ2) is 7.99. The summed E-state index contributed by atoms with van der Waals surface area (Å²) in [6.45, 7) is 4.10. The van der Waals surface area contributed by atoms with Crippen LogP contribution in [0.15, 0.2) is 24.3 Å². The van der Waals surface area contributed by atoms with E-state index in [9.17, 15) is 13.2 Å². The van der Waals surface area contributed by atoms with Crippen molar-refractivity contribution in [3.05, 3.63) is 34.9 Å². The Hall–Kier alpha value is -1.31. The molecule has 0 aromatic heterocycles. The number of carbonyl (C=O) groups excluding carboxylic acids is 1. The van der Waals surface area contributed by atoms with Gasteiger partial charge in [0.05, 0.1) is 5.75 Å². The molecule has 2 rings (SSSR count). The minimum atomic E-state index is -3.38. The van der Waals surface area contributed by atoms with Crippen molar-refractivity contribution in [2.24, 2.45) is 0 Å². The van der Waals surface area contributed by atoms with Crippen LogP contribution < -0.4 is 5.32 Å². The highest BCUT2D eigenvalue weighted by atomic mass is 35.5. The first-order valence-electron chi connectivity index (χ1n) is 7.67. The molecule has 1 aromatic rings. The van der Waals surface area contributed by atoms with Gasteiger partial charge in [0.1, 0.15) is 0 Å². The summed E-state index contributed by atoms with van der Waals surface area (Å²) in [5, 5.41) is 3.39. The van der Waals surface area contributed by atoms with Crippen LogP contribution in [-0.2, 0) is 15.8 Å². The standard InChI is InChI=1S/C15H22ClN3O3S/c1-2-7-17-15(20)18-8-10-19(11-9-18)23(21,22)12-13-3-5-14(16)6-4-13/h3-6H,2,7-12H2,1H3,(H,17,20). The maximum atomic E-state index is 12.5. The van der Waals surface area contributed by atoms with Gasteiger partial charge in [-0.2, -0.15) is 4.31 Å². The minimum absolute atomic E-state index is 0.0494. The van der Waals surface area contributed by atoms with Crippen LogP contribution in [0.25, 0.3) is 0 Å². The van der Waals surface area contributed by atoms with Crippen LogP contribution in [0, 0.1) is 0 Å². The van der Waals surface area contributed by atoms with Gasteiger partial charge in [0.25, 0.3) is 0 Å². The number of piperazine rings is 1. The molecular formula is C15H22ClN3O3S. The zero-order valence-electron chi connectivity index (χ0n) is 13.2. The molecule has 0 spiro atoms. The van der Waals surface area contributed by atoms with E-state index in [4.69, 9.17) is 11.6 Å². The fraction of sp³-hybridized carbons (Fsp3) is 0.533. The summed E-state index contributed by atoms with van der Waals surface area (Å²) in [5.74, 6) is -0.0494. The fourth-order valence-corrected chi connectivity index (χ4v) is 4.04. The number of nitrogens with zero attached hydrogens (tertiary/aromatic N) is 2. The maximum Gasteiger partial charge on any atom is 0.317 e. The van der Waals surface area contributed by atoms with Crippen molar-refractivity contribution < 1.29 is 13.2 Å². The third-order valence-electron chi connectivity index (χ3n) is 3.71. The number of benzene rings is 1. The SMILES string of the molecule is CCCNC(=O)N1CCN(S(=O)(=O)Cc2ccc(Cl)cc2)CC1. The molecule has 1 fully saturated rings. The molecule has 1 heterocycles. The Morgan fingerprint density at radius 3 is 2.35 bits per heavy atom. The first kappa shape index (κ1) is 18.0. The molecule has 0 radical (unpaired) electrons. The van der Waals surface area contributed by atoms with Crippen LogP contribution >= 0.6 is 11.6 Å². The lowest BCUT2D eigenvalue weighted by molar-refractivity contribution is 0.172. The molecular weight excluding hydrogens is 338 g/mol. The van der Waals surface area contributed by atoms with Crippen molar-refractivity contribution in [3.8, 4) is 0 Å². The number of rotatable bonds is 5. The maximum absolute atomic E-state index is 12.5. The molecule has 1 saturated heterocycles. The smallest absolute Gasteiger partial charge is 0.317 e. The highest BCUT2D eigenvalue weighted by Crippen LogP contribution is 2.16. The van der Waals surface area contributed by atoms with Crippen molar-refractivity contribution in [1.82, 2.24) is 14.5 Å². The molecule has 23 heavy (non-hydrogen) atoms. The molecule has 6 nitrogen and oxygen atoms in total. The molecule has 0 bridgehead atoms. The predicted octanol–water partition coefficient (Wildman–Crippen LogP) is 1.91. The molecule has 1 aromatic carbocycles. The number of amides is 2. The van der Waals surface area contributed by atoms with Gasteiger partial charge in [-0.3, -0.25) is 0 Å². The quantitative estimate of drug-likeness (QED) is 0.873. The average molecular weight is 360 g/mol. The van der Waals surface area contributed by atoms with Crippen LogP contribution in [0.4, 0.5) is 4.79 Å². The molecule has 0 atom stereocenters. The molecule has 128 valence electrons. The average Bonchev–Trinajstić information content (AvgIpc) is 2.54. The van der Waals surface area contributed by atoms with Gasteiger partial charge in [-0.05, 0) is 24.1 Å². The van der Waals surface area contributed by atoms with E-state index in [2.05, 4.69) is 5.32 Å². The van der Waals surface area contributed by atoms with Crippen molar-refractivity contribution in [3.63, 3.8) is 0 Å². The number of halogens is 1. The second-order valence-corrected chi connectivity index (χ2v) is 7.91. The highest BCUT2D eigenvalue weighted by Gasteiger charge is 2.28. The third kappa shape index (κ3) is 5.09. The molecule has 1 aliphatic heterocycles. The van der Waals surface area contributed by atoms with Gasteiger partial charge in [0, 0.05) is 37.7 Å². The number of sulfonamides is 1. The first-order valence-corrected chi connectivity index (χ1v) is 9.66.